The summed E-state index contributed by atoms with van der Waals surface area (Å²) in [7, 11) is 7.28. The van der Waals surface area contributed by atoms with Gasteiger partial charge in [-0.25, -0.2) is 0 Å². The van der Waals surface area contributed by atoms with Gasteiger partial charge in [-0.3, -0.25) is 9.69 Å². The average molecular weight is 482 g/mol. The second kappa shape index (κ2) is 9.73. The molecule has 1 heterocycles. The highest BCUT2D eigenvalue weighted by atomic mass is 16.5. The Balaban J connectivity index is 1.50. The highest BCUT2D eigenvalue weighted by Gasteiger charge is 2.45. The van der Waals surface area contributed by atoms with Crippen LogP contribution in [0.5, 0.6) is 0 Å². The molecule has 0 atom stereocenters. The van der Waals surface area contributed by atoms with Crippen LogP contribution in [0.15, 0.2) is 53.5 Å². The molecular formula is C26H37N6O3+. The topological polar surface area (TPSA) is 116 Å². The standard InChI is InChI=1S/C26H36N6O3/c1-30(2)23-15-20(27)17(16-28-19-10-12-26(34,13-11-19)18-8-9-18)14-21(23)29-25(33)22-6-5-7-24(31(3)4)32(22)35/h5-7,14-16,18-19,27,33-35H,8-13H2,1-4H3/p+1/t19-,26-. The van der Waals surface area contributed by atoms with Crippen LogP contribution in [0.2, 0.25) is 0 Å². The van der Waals surface area contributed by atoms with Crippen LogP contribution in [0.4, 0.5) is 5.82 Å². The number of rotatable bonds is 7. The van der Waals surface area contributed by atoms with E-state index in [-0.39, 0.29) is 11.7 Å². The smallest absolute Gasteiger partial charge is 0.316 e. The van der Waals surface area contributed by atoms with Gasteiger partial charge < -0.3 is 31.3 Å². The van der Waals surface area contributed by atoms with E-state index < -0.39 is 11.5 Å². The largest absolute Gasteiger partial charge is 0.390 e. The summed E-state index contributed by atoms with van der Waals surface area (Å²) < 4.78 is 0.865. The maximum atomic E-state index is 13.1. The molecular weight excluding hydrogens is 444 g/mol. The van der Waals surface area contributed by atoms with Gasteiger partial charge in [0.2, 0.25) is 5.69 Å². The monoisotopic (exact) mass is 481 g/mol. The average Bonchev–Trinajstić information content (AvgIpc) is 3.66. The number of nitrogens with one attached hydrogen (secondary N) is 3. The number of carbonyl (C=O) groups is 1. The number of hydrogen-bond acceptors (Lipinski definition) is 7. The number of aliphatic hydroxyl groups is 1. The third-order valence-electron chi connectivity index (χ3n) is 7.20. The number of nitrogens with zero attached hydrogens (tertiary/aromatic N) is 3. The van der Waals surface area contributed by atoms with Crippen molar-refractivity contribution in [1.29, 1.82) is 5.41 Å². The van der Waals surface area contributed by atoms with E-state index >= 15 is 0 Å². The number of likely N-dealkylation sites (N-methyl/N-ethyl adjacent to an activating group) is 1. The van der Waals surface area contributed by atoms with Crippen LogP contribution in [-0.2, 0) is 0 Å². The lowest BCUT2D eigenvalue weighted by Crippen LogP contribution is -2.45. The Morgan fingerprint density at radius 2 is 1.80 bits per heavy atom. The van der Waals surface area contributed by atoms with E-state index in [9.17, 15) is 15.1 Å². The van der Waals surface area contributed by atoms with Crippen molar-refractivity contribution in [3.8, 4) is 0 Å². The van der Waals surface area contributed by atoms with Gasteiger partial charge in [-0.1, -0.05) is 0 Å². The first-order chi connectivity index (χ1) is 16.6. The number of allylic oxidation sites excluding steroid dienone is 3. The Morgan fingerprint density at radius 1 is 1.11 bits per heavy atom. The zero-order valence-corrected chi connectivity index (χ0v) is 21.0. The molecule has 3 aliphatic rings. The molecule has 1 aromatic rings. The van der Waals surface area contributed by atoms with E-state index in [1.165, 1.54) is 0 Å². The fourth-order valence-corrected chi connectivity index (χ4v) is 4.90. The summed E-state index contributed by atoms with van der Waals surface area (Å²) in [5, 5.41) is 36.2. The number of anilines is 1. The summed E-state index contributed by atoms with van der Waals surface area (Å²) in [5.41, 5.74) is 1.86. The van der Waals surface area contributed by atoms with Gasteiger partial charge in [0.1, 0.15) is 0 Å². The summed E-state index contributed by atoms with van der Waals surface area (Å²) in [6.07, 6.45) is 11.0. The van der Waals surface area contributed by atoms with Crippen LogP contribution in [0.3, 0.4) is 0 Å². The van der Waals surface area contributed by atoms with Crippen molar-refractivity contribution < 1.29 is 19.8 Å². The summed E-state index contributed by atoms with van der Waals surface area (Å²) in [4.78, 5) is 16.6. The molecule has 0 radical (unpaired) electrons. The van der Waals surface area contributed by atoms with Crippen molar-refractivity contribution >= 4 is 17.4 Å². The Morgan fingerprint density at radius 3 is 2.40 bits per heavy atom. The second-order valence-corrected chi connectivity index (χ2v) is 10.2. The van der Waals surface area contributed by atoms with Gasteiger partial charge >= 0.3 is 5.82 Å². The van der Waals surface area contributed by atoms with Gasteiger partial charge in [0.05, 0.1) is 36.8 Å². The minimum absolute atomic E-state index is 0.102. The lowest BCUT2D eigenvalue weighted by molar-refractivity contribution is -0.895. The van der Waals surface area contributed by atoms with Crippen molar-refractivity contribution in [3.05, 3.63) is 59.2 Å². The van der Waals surface area contributed by atoms with Crippen LogP contribution in [0.1, 0.15) is 49.0 Å². The number of carbonyl (C=O) groups excluding carboxylic acids is 1. The Bertz CT molecular complexity index is 1090. The lowest BCUT2D eigenvalue weighted by atomic mass is 9.79. The molecule has 2 fully saturated rings. The van der Waals surface area contributed by atoms with Gasteiger partial charge in [0, 0.05) is 38.0 Å². The van der Waals surface area contributed by atoms with E-state index in [1.54, 1.807) is 49.3 Å². The quantitative estimate of drug-likeness (QED) is 0.300. The number of pyridine rings is 1. The molecule has 0 aromatic carbocycles. The van der Waals surface area contributed by atoms with E-state index in [4.69, 9.17) is 5.41 Å². The van der Waals surface area contributed by atoms with E-state index in [0.29, 0.717) is 34.4 Å². The van der Waals surface area contributed by atoms with Crippen molar-refractivity contribution in [1.82, 2.24) is 15.5 Å². The molecule has 2 saturated carbocycles. The van der Waals surface area contributed by atoms with E-state index in [1.807, 2.05) is 25.2 Å². The third kappa shape index (κ3) is 5.35. The summed E-state index contributed by atoms with van der Waals surface area (Å²) in [6.45, 7) is 0. The first-order valence-electron chi connectivity index (χ1n) is 12.2. The second-order valence-electron chi connectivity index (χ2n) is 10.2. The molecule has 1 aromatic heterocycles. The van der Waals surface area contributed by atoms with Gasteiger partial charge in [0.25, 0.3) is 5.91 Å². The molecule has 0 aliphatic heterocycles. The molecule has 0 unspecified atom stereocenters. The molecule has 9 heteroatoms. The van der Waals surface area contributed by atoms with Crippen LogP contribution >= 0.6 is 0 Å². The molecule has 188 valence electrons. The molecule has 35 heavy (non-hydrogen) atoms. The maximum absolute atomic E-state index is 13.1. The summed E-state index contributed by atoms with van der Waals surface area (Å²) in [6, 6.07) is 5.24. The van der Waals surface area contributed by atoms with Gasteiger partial charge in [0.15, 0.2) is 0 Å². The van der Waals surface area contributed by atoms with Crippen LogP contribution in [0, 0.1) is 11.3 Å². The maximum Gasteiger partial charge on any atom is 0.316 e. The van der Waals surface area contributed by atoms with Crippen LogP contribution < -0.4 is 20.3 Å². The van der Waals surface area contributed by atoms with E-state index in [0.717, 1.165) is 43.3 Å². The molecule has 0 saturated heterocycles. The van der Waals surface area contributed by atoms with Crippen molar-refractivity contribution in [2.24, 2.45) is 5.92 Å². The normalized spacial score (nSPS) is 25.6. The Kier molecular flexibility index (Phi) is 6.89. The van der Waals surface area contributed by atoms with Gasteiger partial charge in [-0.2, -0.15) is 0 Å². The molecule has 4 rings (SSSR count). The Hall–Kier alpha value is -3.33. The van der Waals surface area contributed by atoms with Crippen LogP contribution in [-0.4, -0.2) is 66.7 Å². The Labute approximate surface area is 206 Å². The SMILES string of the molecule is CN(C)C1=CC(=N)/C(=C\N[C@H]2CC[C@@](O)(C3CC3)CC2)C=C1NC(=O)c1cccc(N(C)C)[n+]1O. The zero-order valence-electron chi connectivity index (χ0n) is 21.0. The lowest BCUT2D eigenvalue weighted by Gasteiger charge is -2.36. The molecule has 0 spiro atoms. The van der Waals surface area contributed by atoms with Crippen molar-refractivity contribution in [3.63, 3.8) is 0 Å². The van der Waals surface area contributed by atoms with Gasteiger partial charge in [-0.15, -0.1) is 0 Å². The molecule has 5 N–H and O–H groups in total. The zero-order chi connectivity index (χ0) is 25.3. The molecule has 9 nitrogen and oxygen atoms in total. The first-order valence-corrected chi connectivity index (χ1v) is 12.2. The summed E-state index contributed by atoms with van der Waals surface area (Å²) >= 11 is 0. The van der Waals surface area contributed by atoms with Crippen molar-refractivity contribution in [2.45, 2.75) is 50.2 Å². The number of aromatic nitrogens is 1. The minimum atomic E-state index is -0.489. The van der Waals surface area contributed by atoms with Gasteiger partial charge in [-0.05, 0) is 73.5 Å². The third-order valence-corrected chi connectivity index (χ3v) is 7.20. The van der Waals surface area contributed by atoms with E-state index in [2.05, 4.69) is 10.6 Å². The highest BCUT2D eigenvalue weighted by Crippen LogP contribution is 2.47. The van der Waals surface area contributed by atoms with Crippen molar-refractivity contribution in [2.75, 3.05) is 33.1 Å². The minimum Gasteiger partial charge on any atom is -0.390 e. The predicted molar refractivity (Wildman–Crippen MR) is 134 cm³/mol. The molecule has 1 amide bonds. The van der Waals surface area contributed by atoms with Crippen LogP contribution in [0.25, 0.3) is 0 Å². The summed E-state index contributed by atoms with van der Waals surface area (Å²) in [5.74, 6) is 0.502. The highest BCUT2D eigenvalue weighted by molar-refractivity contribution is 6.10. The predicted octanol–water partition coefficient (Wildman–Crippen LogP) is 1.93. The molecule has 3 aliphatic carbocycles. The fraction of sp³-hybridized carbons (Fsp3) is 0.500. The fourth-order valence-electron chi connectivity index (χ4n) is 4.90. The number of hydrogen-bond donors (Lipinski definition) is 5. The molecule has 0 bridgehead atoms. The number of amides is 1. The first kappa shape index (κ1) is 24.8.